The smallest absolute Gasteiger partial charge is 0.323 e. The van der Waals surface area contributed by atoms with E-state index in [-0.39, 0.29) is 12.3 Å². The molecular formula is C26H28N4O5. The van der Waals surface area contributed by atoms with Gasteiger partial charge in [-0.1, -0.05) is 18.2 Å². The van der Waals surface area contributed by atoms with Gasteiger partial charge in [0.2, 0.25) is 5.91 Å². The zero-order chi connectivity index (χ0) is 25.4. The number of carbonyl (C=O) groups excluding carboxylic acids is 2. The molecular weight excluding hydrogens is 448 g/mol. The summed E-state index contributed by atoms with van der Waals surface area (Å²) in [6.45, 7) is 3.65. The highest BCUT2D eigenvalue weighted by atomic mass is 16.5. The lowest BCUT2D eigenvalue weighted by molar-refractivity contribution is -0.137. The lowest BCUT2D eigenvalue weighted by Gasteiger charge is -2.23. The number of allylic oxidation sites excluding steroid dienone is 3. The number of nitrogens with one attached hydrogen (secondary N) is 2. The summed E-state index contributed by atoms with van der Waals surface area (Å²) in [4.78, 5) is 39.2. The number of anilines is 3. The van der Waals surface area contributed by atoms with Crippen LogP contribution in [0.5, 0.6) is 5.75 Å². The van der Waals surface area contributed by atoms with E-state index in [2.05, 4.69) is 10.6 Å². The average molecular weight is 477 g/mol. The van der Waals surface area contributed by atoms with Crippen LogP contribution in [-0.4, -0.2) is 41.6 Å². The topological polar surface area (TPSA) is 111 Å². The van der Waals surface area contributed by atoms with Gasteiger partial charge in [0.05, 0.1) is 30.6 Å². The van der Waals surface area contributed by atoms with Crippen LogP contribution in [0.4, 0.5) is 21.9 Å². The van der Waals surface area contributed by atoms with E-state index < -0.39 is 12.0 Å². The Morgan fingerprint density at radius 3 is 2.49 bits per heavy atom. The van der Waals surface area contributed by atoms with E-state index in [1.807, 2.05) is 31.2 Å². The van der Waals surface area contributed by atoms with Gasteiger partial charge in [-0.05, 0) is 48.9 Å². The van der Waals surface area contributed by atoms with E-state index in [4.69, 9.17) is 9.84 Å². The highest BCUT2D eigenvalue weighted by Crippen LogP contribution is 2.32. The molecule has 1 heterocycles. The number of benzene rings is 2. The lowest BCUT2D eigenvalue weighted by atomic mass is 10.2. The Hall–Kier alpha value is -4.53. The fraction of sp³-hybridized carbons (Fsp3) is 0.192. The van der Waals surface area contributed by atoms with Crippen LogP contribution in [0.25, 0.3) is 0 Å². The largest absolute Gasteiger partial charge is 0.494 e. The summed E-state index contributed by atoms with van der Waals surface area (Å²) >= 11 is 0. The molecule has 9 heteroatoms. The van der Waals surface area contributed by atoms with Crippen molar-refractivity contribution in [2.45, 2.75) is 20.3 Å². The van der Waals surface area contributed by atoms with Crippen LogP contribution >= 0.6 is 0 Å². The Bertz CT molecular complexity index is 1200. The van der Waals surface area contributed by atoms with Crippen LogP contribution in [0.2, 0.25) is 0 Å². The SMILES string of the molecule is COc1cc(N(C(C)=O)C2=CC=CN(CCC(=O)O)C=C2)ccc1NC(=O)Nc1ccccc1C. The van der Waals surface area contributed by atoms with Crippen LogP contribution in [0.3, 0.4) is 0 Å². The van der Waals surface area contributed by atoms with Crippen LogP contribution in [0.1, 0.15) is 18.9 Å². The molecule has 1 aliphatic rings. The minimum atomic E-state index is -0.886. The van der Waals surface area contributed by atoms with Gasteiger partial charge in [0, 0.05) is 37.6 Å². The lowest BCUT2D eigenvalue weighted by Crippen LogP contribution is -2.27. The van der Waals surface area contributed by atoms with Crippen LogP contribution in [-0.2, 0) is 9.59 Å². The number of aryl methyl sites for hydroxylation is 1. The van der Waals surface area contributed by atoms with E-state index in [1.165, 1.54) is 18.9 Å². The number of carbonyl (C=O) groups is 3. The molecule has 1 aliphatic heterocycles. The van der Waals surface area contributed by atoms with Crippen molar-refractivity contribution in [1.29, 1.82) is 0 Å². The van der Waals surface area contributed by atoms with Crippen molar-refractivity contribution in [3.8, 4) is 5.75 Å². The van der Waals surface area contributed by atoms with Gasteiger partial charge in [-0.3, -0.25) is 14.5 Å². The summed E-state index contributed by atoms with van der Waals surface area (Å²) in [5, 5.41) is 14.5. The van der Waals surface area contributed by atoms with E-state index in [0.29, 0.717) is 35.1 Å². The number of hydrogen-bond donors (Lipinski definition) is 3. The Balaban J connectivity index is 1.79. The van der Waals surface area contributed by atoms with Gasteiger partial charge in [0.15, 0.2) is 0 Å². The number of methoxy groups -OCH3 is 1. The normalized spacial score (nSPS) is 12.4. The van der Waals surface area contributed by atoms with Crippen LogP contribution < -0.4 is 20.3 Å². The number of ether oxygens (including phenoxy) is 1. The van der Waals surface area contributed by atoms with E-state index >= 15 is 0 Å². The first-order valence-corrected chi connectivity index (χ1v) is 10.9. The molecule has 0 unspecified atom stereocenters. The number of nitrogens with zero attached hydrogens (tertiary/aromatic N) is 2. The van der Waals surface area contributed by atoms with Crippen molar-refractivity contribution in [3.05, 3.63) is 84.4 Å². The second kappa shape index (κ2) is 11.6. The highest BCUT2D eigenvalue weighted by Gasteiger charge is 2.19. The molecule has 0 saturated carbocycles. The molecule has 0 atom stereocenters. The number of para-hydroxylation sites is 1. The Morgan fingerprint density at radius 1 is 1.06 bits per heavy atom. The number of carboxylic acids is 1. The molecule has 0 bridgehead atoms. The summed E-state index contributed by atoms with van der Waals surface area (Å²) in [7, 11) is 1.48. The minimum absolute atomic E-state index is 0.0104. The first-order valence-electron chi connectivity index (χ1n) is 10.9. The summed E-state index contributed by atoms with van der Waals surface area (Å²) in [5.41, 5.74) is 3.20. The van der Waals surface area contributed by atoms with Crippen molar-refractivity contribution in [2.75, 3.05) is 29.2 Å². The molecule has 0 fully saturated rings. The molecule has 3 amide bonds. The molecule has 35 heavy (non-hydrogen) atoms. The predicted molar refractivity (Wildman–Crippen MR) is 135 cm³/mol. The first kappa shape index (κ1) is 25.1. The van der Waals surface area contributed by atoms with Gasteiger partial charge >= 0.3 is 12.0 Å². The molecule has 182 valence electrons. The van der Waals surface area contributed by atoms with Gasteiger partial charge in [-0.2, -0.15) is 0 Å². The highest BCUT2D eigenvalue weighted by molar-refractivity contribution is 6.02. The molecule has 3 N–H and O–H groups in total. The average Bonchev–Trinajstić information content (AvgIpc) is 3.05. The summed E-state index contributed by atoms with van der Waals surface area (Å²) in [6, 6.07) is 12.1. The van der Waals surface area contributed by atoms with Gasteiger partial charge in [-0.15, -0.1) is 0 Å². The van der Waals surface area contributed by atoms with Crippen molar-refractivity contribution >= 4 is 35.0 Å². The van der Waals surface area contributed by atoms with E-state index in [1.54, 1.807) is 53.7 Å². The number of rotatable bonds is 8. The number of urea groups is 1. The fourth-order valence-corrected chi connectivity index (χ4v) is 3.48. The molecule has 0 radical (unpaired) electrons. The molecule has 3 rings (SSSR count). The Labute approximate surface area is 204 Å². The van der Waals surface area contributed by atoms with Crippen molar-refractivity contribution in [3.63, 3.8) is 0 Å². The van der Waals surface area contributed by atoms with Crippen molar-refractivity contribution in [1.82, 2.24) is 4.90 Å². The number of carboxylic acid groups (broad SMARTS) is 1. The molecule has 0 aliphatic carbocycles. The second-order valence-corrected chi connectivity index (χ2v) is 7.76. The van der Waals surface area contributed by atoms with Gasteiger partial charge in [-0.25, -0.2) is 4.79 Å². The molecule has 0 saturated heterocycles. The number of aliphatic carboxylic acids is 1. The molecule has 0 spiro atoms. The first-order chi connectivity index (χ1) is 16.8. The second-order valence-electron chi connectivity index (χ2n) is 7.76. The van der Waals surface area contributed by atoms with Gasteiger partial charge in [0.25, 0.3) is 0 Å². The summed E-state index contributed by atoms with van der Waals surface area (Å²) in [5.74, 6) is -0.734. The van der Waals surface area contributed by atoms with Crippen LogP contribution in [0.15, 0.2) is 78.8 Å². The Morgan fingerprint density at radius 2 is 1.80 bits per heavy atom. The summed E-state index contributed by atoms with van der Waals surface area (Å²) in [6.07, 6.45) is 8.69. The monoisotopic (exact) mass is 476 g/mol. The van der Waals surface area contributed by atoms with E-state index in [9.17, 15) is 14.4 Å². The maximum atomic E-state index is 12.6. The number of hydrogen-bond acceptors (Lipinski definition) is 5. The zero-order valence-electron chi connectivity index (χ0n) is 19.8. The number of amides is 3. The van der Waals surface area contributed by atoms with Crippen molar-refractivity contribution < 1.29 is 24.2 Å². The maximum Gasteiger partial charge on any atom is 0.323 e. The fourth-order valence-electron chi connectivity index (χ4n) is 3.48. The molecule has 2 aromatic rings. The summed E-state index contributed by atoms with van der Waals surface area (Å²) < 4.78 is 5.48. The molecule has 0 aromatic heterocycles. The minimum Gasteiger partial charge on any atom is -0.494 e. The van der Waals surface area contributed by atoms with Gasteiger partial charge in [0.1, 0.15) is 5.75 Å². The molecule has 2 aromatic carbocycles. The molecule has 9 nitrogen and oxygen atoms in total. The quantitative estimate of drug-likeness (QED) is 0.509. The third-order valence-electron chi connectivity index (χ3n) is 5.22. The third kappa shape index (κ3) is 6.73. The van der Waals surface area contributed by atoms with Crippen LogP contribution in [0, 0.1) is 6.92 Å². The Kier molecular flexibility index (Phi) is 8.29. The standard InChI is InChI=1S/C26H28N4O5/c1-18-7-4-5-9-22(18)27-26(34)28-23-11-10-21(17-24(23)35-3)30(19(2)31)20-8-6-14-29(15-12-20)16-13-25(32)33/h4-12,14-15,17H,13,16H2,1-3H3,(H,32,33)(H2,27,28,34). The maximum absolute atomic E-state index is 12.6. The van der Waals surface area contributed by atoms with E-state index in [0.717, 1.165) is 5.56 Å². The third-order valence-corrected chi connectivity index (χ3v) is 5.22. The van der Waals surface area contributed by atoms with Gasteiger partial charge < -0.3 is 25.4 Å². The van der Waals surface area contributed by atoms with Crippen molar-refractivity contribution in [2.24, 2.45) is 0 Å². The predicted octanol–water partition coefficient (Wildman–Crippen LogP) is 4.70. The zero-order valence-corrected chi connectivity index (χ0v) is 19.8.